The number of imidazole rings is 1. The van der Waals surface area contributed by atoms with Gasteiger partial charge in [0.2, 0.25) is 0 Å². The summed E-state index contributed by atoms with van der Waals surface area (Å²) in [6.45, 7) is 1.96. The van der Waals surface area contributed by atoms with Gasteiger partial charge in [0.1, 0.15) is 5.58 Å². The van der Waals surface area contributed by atoms with E-state index in [2.05, 4.69) is 20.3 Å². The predicted octanol–water partition coefficient (Wildman–Crippen LogP) is 5.19. The van der Waals surface area contributed by atoms with E-state index in [9.17, 15) is 4.79 Å². The molecule has 0 fully saturated rings. The number of carbonyl (C=O) groups excluding carboxylic acids is 1. The molecule has 0 aliphatic rings. The zero-order valence-electron chi connectivity index (χ0n) is 17.9. The first-order chi connectivity index (χ1) is 16.2. The van der Waals surface area contributed by atoms with Crippen LogP contribution in [0.15, 0.2) is 95.3 Å². The number of para-hydroxylation sites is 1. The van der Waals surface area contributed by atoms with E-state index in [4.69, 9.17) is 4.42 Å². The molecule has 2 aromatic carbocycles. The van der Waals surface area contributed by atoms with Crippen LogP contribution in [0, 0.1) is 0 Å². The normalized spacial score (nSPS) is 12.0. The standard InChI is InChI=1S/C25H21N5O2S/c1-17(18-7-9-19(10-8-18)30-14-13-26-16-30)29-24(31)23-21(15-33-25-27-11-4-12-28-25)20-5-2-3-6-22(20)32-23/h2-14,16-17H,15H2,1H3,(H,29,31). The van der Waals surface area contributed by atoms with Crippen molar-refractivity contribution in [2.24, 2.45) is 0 Å². The van der Waals surface area contributed by atoms with Gasteiger partial charge in [0.05, 0.1) is 12.4 Å². The molecule has 3 heterocycles. The lowest BCUT2D eigenvalue weighted by Crippen LogP contribution is -2.27. The minimum absolute atomic E-state index is 0.194. The maximum absolute atomic E-state index is 13.2. The van der Waals surface area contributed by atoms with Crippen molar-refractivity contribution in [3.63, 3.8) is 0 Å². The van der Waals surface area contributed by atoms with E-state index in [1.54, 1.807) is 31.0 Å². The van der Waals surface area contributed by atoms with Gasteiger partial charge in [0, 0.05) is 47.2 Å². The maximum atomic E-state index is 13.2. The molecule has 1 atom stereocenters. The van der Waals surface area contributed by atoms with Crippen molar-refractivity contribution in [2.45, 2.75) is 23.9 Å². The zero-order chi connectivity index (χ0) is 22.6. The third-order valence-corrected chi connectivity index (χ3v) is 6.24. The molecule has 0 radical (unpaired) electrons. The Kier molecular flexibility index (Phi) is 5.91. The van der Waals surface area contributed by atoms with Gasteiger partial charge in [-0.2, -0.15) is 0 Å². The number of nitrogens with zero attached hydrogens (tertiary/aromatic N) is 4. The first kappa shape index (κ1) is 21.0. The number of amides is 1. The van der Waals surface area contributed by atoms with Gasteiger partial charge in [-0.05, 0) is 36.8 Å². The molecule has 164 valence electrons. The van der Waals surface area contributed by atoms with Crippen molar-refractivity contribution in [2.75, 3.05) is 0 Å². The molecule has 5 rings (SSSR count). The Morgan fingerprint density at radius 2 is 1.85 bits per heavy atom. The number of hydrogen-bond donors (Lipinski definition) is 1. The Labute approximate surface area is 194 Å². The second-order valence-corrected chi connectivity index (χ2v) is 8.43. The number of fused-ring (bicyclic) bond motifs is 1. The summed E-state index contributed by atoms with van der Waals surface area (Å²) in [5.74, 6) is 0.598. The molecule has 1 N–H and O–H groups in total. The second kappa shape index (κ2) is 9.30. The molecule has 1 unspecified atom stereocenters. The number of benzene rings is 2. The Morgan fingerprint density at radius 3 is 2.61 bits per heavy atom. The average molecular weight is 456 g/mol. The molecule has 33 heavy (non-hydrogen) atoms. The van der Waals surface area contributed by atoms with Crippen molar-refractivity contribution < 1.29 is 9.21 Å². The van der Waals surface area contributed by atoms with E-state index in [1.807, 2.05) is 66.2 Å². The summed E-state index contributed by atoms with van der Waals surface area (Å²) in [4.78, 5) is 25.8. The highest BCUT2D eigenvalue weighted by Gasteiger charge is 2.22. The van der Waals surface area contributed by atoms with Gasteiger partial charge in [0.15, 0.2) is 10.9 Å². The number of furan rings is 1. The molecule has 0 saturated carbocycles. The van der Waals surface area contributed by atoms with Crippen molar-refractivity contribution in [3.8, 4) is 5.69 Å². The van der Waals surface area contributed by atoms with Crippen molar-refractivity contribution in [3.05, 3.63) is 103 Å². The fourth-order valence-electron chi connectivity index (χ4n) is 3.61. The molecule has 3 aromatic heterocycles. The molecule has 5 aromatic rings. The van der Waals surface area contributed by atoms with Crippen LogP contribution in [0.3, 0.4) is 0 Å². The monoisotopic (exact) mass is 455 g/mol. The van der Waals surface area contributed by atoms with E-state index >= 15 is 0 Å². The molecule has 0 aliphatic heterocycles. The molecule has 8 heteroatoms. The van der Waals surface area contributed by atoms with Gasteiger partial charge in [-0.25, -0.2) is 15.0 Å². The molecule has 7 nitrogen and oxygen atoms in total. The lowest BCUT2D eigenvalue weighted by molar-refractivity contribution is 0.0913. The van der Waals surface area contributed by atoms with Gasteiger partial charge in [0.25, 0.3) is 5.91 Å². The minimum atomic E-state index is -0.248. The van der Waals surface area contributed by atoms with Crippen LogP contribution in [-0.2, 0) is 5.75 Å². The fourth-order valence-corrected chi connectivity index (χ4v) is 4.45. The summed E-state index contributed by atoms with van der Waals surface area (Å²) in [7, 11) is 0. The van der Waals surface area contributed by atoms with Crippen LogP contribution in [0.2, 0.25) is 0 Å². The highest BCUT2D eigenvalue weighted by Crippen LogP contribution is 2.31. The number of carbonyl (C=O) groups is 1. The predicted molar refractivity (Wildman–Crippen MR) is 127 cm³/mol. The highest BCUT2D eigenvalue weighted by molar-refractivity contribution is 7.98. The first-order valence-corrected chi connectivity index (χ1v) is 11.5. The third-order valence-electron chi connectivity index (χ3n) is 5.34. The molecule has 0 saturated heterocycles. The number of rotatable bonds is 7. The van der Waals surface area contributed by atoms with Crippen LogP contribution in [-0.4, -0.2) is 25.4 Å². The summed E-state index contributed by atoms with van der Waals surface area (Å²) >= 11 is 1.47. The lowest BCUT2D eigenvalue weighted by Gasteiger charge is -2.15. The smallest absolute Gasteiger partial charge is 0.287 e. The summed E-state index contributed by atoms with van der Waals surface area (Å²) in [6, 6.07) is 17.3. The van der Waals surface area contributed by atoms with Crippen LogP contribution in [0.1, 0.15) is 34.6 Å². The molecule has 0 bridgehead atoms. The van der Waals surface area contributed by atoms with E-state index in [1.165, 1.54) is 11.8 Å². The third kappa shape index (κ3) is 4.51. The maximum Gasteiger partial charge on any atom is 0.287 e. The van der Waals surface area contributed by atoms with E-state index < -0.39 is 0 Å². The first-order valence-electron chi connectivity index (χ1n) is 10.5. The lowest BCUT2D eigenvalue weighted by atomic mass is 10.1. The summed E-state index contributed by atoms with van der Waals surface area (Å²) < 4.78 is 7.91. The van der Waals surface area contributed by atoms with Crippen LogP contribution in [0.4, 0.5) is 0 Å². The topological polar surface area (TPSA) is 85.8 Å². The van der Waals surface area contributed by atoms with E-state index in [0.717, 1.165) is 22.2 Å². The molecular formula is C25H21N5O2S. The largest absolute Gasteiger partial charge is 0.451 e. The fraction of sp³-hybridized carbons (Fsp3) is 0.120. The van der Waals surface area contributed by atoms with Gasteiger partial charge >= 0.3 is 0 Å². The van der Waals surface area contributed by atoms with Crippen molar-refractivity contribution in [1.82, 2.24) is 24.8 Å². The highest BCUT2D eigenvalue weighted by atomic mass is 32.2. The average Bonchev–Trinajstić information content (AvgIpc) is 3.52. The van der Waals surface area contributed by atoms with Gasteiger partial charge in [-0.15, -0.1) is 0 Å². The molecule has 0 aliphatic carbocycles. The second-order valence-electron chi connectivity index (χ2n) is 7.48. The molecule has 0 spiro atoms. The summed E-state index contributed by atoms with van der Waals surface area (Å²) in [6.07, 6.45) is 8.79. The van der Waals surface area contributed by atoms with Gasteiger partial charge < -0.3 is 14.3 Å². The number of hydrogen-bond acceptors (Lipinski definition) is 6. The van der Waals surface area contributed by atoms with Crippen LogP contribution in [0.25, 0.3) is 16.7 Å². The van der Waals surface area contributed by atoms with Gasteiger partial charge in [-0.3, -0.25) is 4.79 Å². The van der Waals surface area contributed by atoms with Crippen molar-refractivity contribution >= 4 is 28.6 Å². The van der Waals surface area contributed by atoms with Crippen LogP contribution in [0.5, 0.6) is 0 Å². The van der Waals surface area contributed by atoms with Crippen molar-refractivity contribution in [1.29, 1.82) is 0 Å². The number of thioether (sulfide) groups is 1. The SMILES string of the molecule is CC(NC(=O)c1oc2ccccc2c1CSc1ncccn1)c1ccc(-n2ccnc2)cc1. The minimum Gasteiger partial charge on any atom is -0.451 e. The molecular weight excluding hydrogens is 434 g/mol. The quantitative estimate of drug-likeness (QED) is 0.268. The Balaban J connectivity index is 1.36. The summed E-state index contributed by atoms with van der Waals surface area (Å²) in [5.41, 5.74) is 3.53. The zero-order valence-corrected chi connectivity index (χ0v) is 18.7. The Bertz CT molecular complexity index is 1370. The number of nitrogens with one attached hydrogen (secondary N) is 1. The van der Waals surface area contributed by atoms with Gasteiger partial charge in [-0.1, -0.05) is 42.1 Å². The van der Waals surface area contributed by atoms with Crippen LogP contribution < -0.4 is 5.32 Å². The summed E-state index contributed by atoms with van der Waals surface area (Å²) in [5, 5.41) is 4.65. The van der Waals surface area contributed by atoms with E-state index in [-0.39, 0.29) is 11.9 Å². The van der Waals surface area contributed by atoms with Crippen LogP contribution >= 0.6 is 11.8 Å². The Hall–Kier alpha value is -3.91. The Morgan fingerprint density at radius 1 is 1.06 bits per heavy atom. The van der Waals surface area contributed by atoms with E-state index in [0.29, 0.717) is 22.3 Å². The molecule has 1 amide bonds. The number of aromatic nitrogens is 4.